The largest absolute Gasteiger partial charge is 0.813 e. The summed E-state index contributed by atoms with van der Waals surface area (Å²) < 4.78 is 0. The van der Waals surface area contributed by atoms with Crippen LogP contribution in [0.2, 0.25) is 0 Å². The van der Waals surface area contributed by atoms with Crippen LogP contribution in [0.5, 0.6) is 0 Å². The maximum Gasteiger partial charge on any atom is 0 e. The summed E-state index contributed by atoms with van der Waals surface area (Å²) in [5.74, 6) is 0. The first-order valence-electron chi connectivity index (χ1n) is 0. The van der Waals surface area contributed by atoms with E-state index >= 15 is 0 Å². The van der Waals surface area contributed by atoms with Gasteiger partial charge >= 0.3 is 0 Å². The molecule has 5 heteroatoms. The number of hydrogen-bond donors (Lipinski definition) is 0. The molecular weight excluding hydrogens is 250 g/mol. The Balaban J connectivity index is 0. The third-order valence-electron chi connectivity index (χ3n) is 0. The third-order valence-corrected chi connectivity index (χ3v) is 0. The Labute approximate surface area is 77.7 Å². The molecule has 0 aliphatic heterocycles. The Kier molecular flexibility index (Phi) is 390. The topological polar surface area (TPSA) is 0 Å². The summed E-state index contributed by atoms with van der Waals surface area (Å²) in [6, 6.07) is 0. The molecule has 0 rings (SSSR count). The van der Waals surface area contributed by atoms with Crippen molar-refractivity contribution in [1.29, 1.82) is 0 Å². The van der Waals surface area contributed by atoms with Gasteiger partial charge in [0.25, 0.3) is 0 Å². The van der Waals surface area contributed by atoms with Gasteiger partial charge in [-0.25, -0.2) is 0 Å². The second-order valence-corrected chi connectivity index (χ2v) is 0. The summed E-state index contributed by atoms with van der Waals surface area (Å²) in [5.41, 5.74) is 0. The fourth-order valence-electron chi connectivity index (χ4n) is 0. The summed E-state index contributed by atoms with van der Waals surface area (Å²) in [5, 5.41) is 0. The monoisotopic (exact) mass is 253 g/mol. The van der Waals surface area contributed by atoms with Crippen LogP contribution in [-0.2, 0) is 54.0 Å². The molecule has 0 aromatic rings. The molecule has 5 heavy (non-hydrogen) atoms. The van der Waals surface area contributed by atoms with Crippen LogP contribution in [0.25, 0.3) is 0 Å². The van der Waals surface area contributed by atoms with Crippen molar-refractivity contribution >= 4 is 78.4 Å². The molecule has 0 aliphatic carbocycles. The number of thiol groups is 4. The maximum atomic E-state index is 0. The molecule has 0 saturated carbocycles. The molecule has 0 amide bonds. The van der Waals surface area contributed by atoms with Crippen LogP contribution < -0.4 is 0 Å². The van der Waals surface area contributed by atoms with E-state index in [1.54, 1.807) is 0 Å². The van der Waals surface area contributed by atoms with Gasteiger partial charge in [0.1, 0.15) is 0 Å². The van der Waals surface area contributed by atoms with Gasteiger partial charge in [-0.1, -0.05) is 0 Å². The quantitative estimate of drug-likeness (QED) is 0.294. The summed E-state index contributed by atoms with van der Waals surface area (Å²) >= 11 is 0. The van der Waals surface area contributed by atoms with Gasteiger partial charge in [-0.3, -0.25) is 0 Å². The van der Waals surface area contributed by atoms with Crippen molar-refractivity contribution in [2.75, 3.05) is 0 Å². The van der Waals surface area contributed by atoms with Crippen molar-refractivity contribution in [3.05, 3.63) is 0 Å². The van der Waals surface area contributed by atoms with Crippen molar-refractivity contribution in [1.82, 2.24) is 0 Å². The minimum absolute atomic E-state index is 0. The first-order valence-corrected chi connectivity index (χ1v) is 0. The van der Waals surface area contributed by atoms with Crippen molar-refractivity contribution in [2.24, 2.45) is 0 Å². The first-order chi connectivity index (χ1) is 0. The van der Waals surface area contributed by atoms with E-state index in [0.717, 1.165) is 0 Å². The fraction of sp³-hybridized carbons (Fsp3) is 0. The second-order valence-electron chi connectivity index (χ2n) is 0. The fourth-order valence-corrected chi connectivity index (χ4v) is 0. The molecule has 37 valence electrons. The molecule has 0 aromatic heterocycles. The number of rotatable bonds is 0. The van der Waals surface area contributed by atoms with E-state index < -0.39 is 0 Å². The maximum absolute atomic E-state index is 0. The van der Waals surface area contributed by atoms with Crippen molar-refractivity contribution in [3.63, 3.8) is 0 Å². The smallest absolute Gasteiger partial charge is 0 e. The third kappa shape index (κ3) is 22.5. The van der Waals surface area contributed by atoms with Crippen molar-refractivity contribution in [2.45, 2.75) is 0 Å². The zero-order valence-corrected chi connectivity index (χ0v) is 8.37. The van der Waals surface area contributed by atoms with Crippen LogP contribution in [0.1, 0.15) is 0 Å². The molecule has 0 nitrogen and oxygen atoms in total. The summed E-state index contributed by atoms with van der Waals surface area (Å²) in [6.45, 7) is 0. The van der Waals surface area contributed by atoms with E-state index in [-0.39, 0.29) is 78.4 Å². The van der Waals surface area contributed by atoms with Crippen LogP contribution in [0, 0.1) is 0 Å². The zero-order valence-electron chi connectivity index (χ0n) is 2.24. The molecule has 0 aliphatic rings. The summed E-state index contributed by atoms with van der Waals surface area (Å²) in [4.78, 5) is 0. The molecular formula is H4S4Sb-4. The van der Waals surface area contributed by atoms with Crippen LogP contribution >= 0.6 is 0 Å². The van der Waals surface area contributed by atoms with E-state index in [0.29, 0.717) is 0 Å². The summed E-state index contributed by atoms with van der Waals surface area (Å²) in [6.07, 6.45) is 0. The SMILES string of the molecule is [SH-].[SH-].[SH-].[SH-].[Sb]. The van der Waals surface area contributed by atoms with Gasteiger partial charge in [-0.15, -0.1) is 0 Å². The van der Waals surface area contributed by atoms with Crippen LogP contribution in [0.4, 0.5) is 0 Å². The summed E-state index contributed by atoms with van der Waals surface area (Å²) in [7, 11) is 0. The molecule has 0 N–H and O–H groups in total. The molecule has 0 unspecified atom stereocenters. The standard InChI is InChI=1S/4H2S.Sb/h4*1H2;/p-4. The van der Waals surface area contributed by atoms with Gasteiger partial charge in [0.15, 0.2) is 0 Å². The Morgan fingerprint density at radius 2 is 0.400 bits per heavy atom. The minimum Gasteiger partial charge on any atom is -0.813 e. The molecule has 0 heterocycles. The van der Waals surface area contributed by atoms with Crippen LogP contribution in [0.15, 0.2) is 0 Å². The molecule has 0 atom stereocenters. The van der Waals surface area contributed by atoms with Gasteiger partial charge in [-0.05, 0) is 0 Å². The molecule has 3 radical (unpaired) electrons. The van der Waals surface area contributed by atoms with E-state index in [1.165, 1.54) is 0 Å². The minimum atomic E-state index is 0. The van der Waals surface area contributed by atoms with Crippen LogP contribution in [0.3, 0.4) is 0 Å². The Hall–Kier alpha value is 2.22. The Morgan fingerprint density at radius 3 is 0.400 bits per heavy atom. The van der Waals surface area contributed by atoms with E-state index in [4.69, 9.17) is 0 Å². The molecule has 0 fully saturated rings. The predicted molar refractivity (Wildman–Crippen MR) is 40.8 cm³/mol. The van der Waals surface area contributed by atoms with Gasteiger partial charge in [0, 0.05) is 24.4 Å². The van der Waals surface area contributed by atoms with Crippen molar-refractivity contribution < 1.29 is 0 Å². The second kappa shape index (κ2) is 34.4. The van der Waals surface area contributed by atoms with Crippen molar-refractivity contribution in [3.8, 4) is 0 Å². The van der Waals surface area contributed by atoms with E-state index in [1.807, 2.05) is 0 Å². The normalized spacial score (nSPS) is 0. The molecule has 0 bridgehead atoms. The average molecular weight is 254 g/mol. The van der Waals surface area contributed by atoms with Gasteiger partial charge in [0.2, 0.25) is 0 Å². The van der Waals surface area contributed by atoms with Gasteiger partial charge in [-0.2, -0.15) is 0 Å². The van der Waals surface area contributed by atoms with E-state index in [2.05, 4.69) is 0 Å². The van der Waals surface area contributed by atoms with E-state index in [9.17, 15) is 0 Å². The first kappa shape index (κ1) is 56.7. The Morgan fingerprint density at radius 1 is 0.400 bits per heavy atom. The molecule has 0 saturated heterocycles. The van der Waals surface area contributed by atoms with Gasteiger partial charge < -0.3 is 54.0 Å². The van der Waals surface area contributed by atoms with Gasteiger partial charge in [0.05, 0.1) is 0 Å². The predicted octanol–water partition coefficient (Wildman–Crippen LogP) is -1.46. The zero-order chi connectivity index (χ0) is 0. The number of hydrogen-bond acceptors (Lipinski definition) is 4. The Bertz CT molecular complexity index is 3.61. The molecule has 0 aromatic carbocycles. The van der Waals surface area contributed by atoms with Crippen LogP contribution in [-0.4, -0.2) is 24.4 Å². The molecule has 0 spiro atoms. The average Bonchev–Trinajstić information content (AvgIpc) is 0.